The maximum Gasteiger partial charge on any atom is 0.223 e. The van der Waals surface area contributed by atoms with Crippen LogP contribution >= 0.6 is 0 Å². The van der Waals surface area contributed by atoms with Crippen molar-refractivity contribution in [3.8, 4) is 0 Å². The van der Waals surface area contributed by atoms with Gasteiger partial charge in [-0.15, -0.1) is 0 Å². The Hall–Kier alpha value is -1.42. The normalized spacial score (nSPS) is 18.5. The molecular formula is C17H25FN2O. The highest BCUT2D eigenvalue weighted by atomic mass is 19.1. The summed E-state index contributed by atoms with van der Waals surface area (Å²) < 4.78 is 12.9. The molecule has 0 N–H and O–H groups in total. The Morgan fingerprint density at radius 2 is 1.90 bits per heavy atom. The van der Waals surface area contributed by atoms with E-state index >= 15 is 0 Å². The van der Waals surface area contributed by atoms with Crippen LogP contribution in [0.5, 0.6) is 0 Å². The number of halogens is 1. The van der Waals surface area contributed by atoms with Crippen molar-refractivity contribution in [2.75, 3.05) is 27.2 Å². The number of rotatable bonds is 4. The second kappa shape index (κ2) is 7.03. The van der Waals surface area contributed by atoms with Crippen molar-refractivity contribution < 1.29 is 9.18 Å². The number of amides is 1. The molecular weight excluding hydrogens is 267 g/mol. The van der Waals surface area contributed by atoms with Crippen molar-refractivity contribution in [1.29, 1.82) is 0 Å². The van der Waals surface area contributed by atoms with Crippen LogP contribution in [-0.2, 0) is 4.79 Å². The van der Waals surface area contributed by atoms with Crippen molar-refractivity contribution in [2.45, 2.75) is 38.1 Å². The molecule has 1 aliphatic heterocycles. The first-order valence-electron chi connectivity index (χ1n) is 7.67. The third-order valence-corrected chi connectivity index (χ3v) is 4.55. The quantitative estimate of drug-likeness (QED) is 0.852. The molecule has 0 spiro atoms. The Morgan fingerprint density at radius 3 is 2.48 bits per heavy atom. The first-order valence-corrected chi connectivity index (χ1v) is 7.67. The second-order valence-electron chi connectivity index (χ2n) is 6.20. The molecule has 3 nitrogen and oxygen atoms in total. The van der Waals surface area contributed by atoms with Gasteiger partial charge in [-0.2, -0.15) is 0 Å². The van der Waals surface area contributed by atoms with Crippen LogP contribution in [0.1, 0.15) is 37.7 Å². The molecule has 0 bridgehead atoms. The van der Waals surface area contributed by atoms with Gasteiger partial charge < -0.3 is 9.80 Å². The van der Waals surface area contributed by atoms with Crippen molar-refractivity contribution >= 4 is 5.91 Å². The van der Waals surface area contributed by atoms with E-state index in [0.29, 0.717) is 12.5 Å². The van der Waals surface area contributed by atoms with Gasteiger partial charge in [-0.05, 0) is 56.6 Å². The Kier molecular flexibility index (Phi) is 5.34. The largest absolute Gasteiger partial charge is 0.343 e. The summed E-state index contributed by atoms with van der Waals surface area (Å²) in [6.45, 7) is 4.12. The number of benzene rings is 1. The van der Waals surface area contributed by atoms with E-state index in [1.54, 1.807) is 12.1 Å². The van der Waals surface area contributed by atoms with E-state index in [2.05, 4.69) is 11.9 Å². The zero-order chi connectivity index (χ0) is 15.4. The number of nitrogens with zero attached hydrogens (tertiary/aromatic N) is 2. The molecule has 0 aromatic heterocycles. The molecule has 1 heterocycles. The van der Waals surface area contributed by atoms with Crippen LogP contribution in [0.2, 0.25) is 0 Å². The average molecular weight is 292 g/mol. The summed E-state index contributed by atoms with van der Waals surface area (Å²) in [5, 5.41) is 0. The minimum atomic E-state index is -0.235. The highest BCUT2D eigenvalue weighted by molar-refractivity contribution is 5.77. The van der Waals surface area contributed by atoms with Crippen LogP contribution < -0.4 is 0 Å². The van der Waals surface area contributed by atoms with Gasteiger partial charge >= 0.3 is 0 Å². The maximum atomic E-state index is 12.9. The molecule has 21 heavy (non-hydrogen) atoms. The molecule has 1 aromatic rings. The standard InChI is InChI=1S/C17H25FN2O/c1-13(14-4-6-15(18)7-5-14)12-17(21)20(3)16-8-10-19(2)11-9-16/h4-7,13,16H,8-12H2,1-3H3/t13-/m1/s1. The van der Waals surface area contributed by atoms with Crippen LogP contribution in [0, 0.1) is 5.82 Å². The van der Waals surface area contributed by atoms with Gasteiger partial charge in [0.15, 0.2) is 0 Å². The number of hydrogen-bond acceptors (Lipinski definition) is 2. The fraction of sp³-hybridized carbons (Fsp3) is 0.588. The van der Waals surface area contributed by atoms with E-state index in [-0.39, 0.29) is 17.6 Å². The van der Waals surface area contributed by atoms with E-state index in [1.165, 1.54) is 12.1 Å². The first-order chi connectivity index (χ1) is 9.97. The van der Waals surface area contributed by atoms with Gasteiger partial charge in [0, 0.05) is 19.5 Å². The summed E-state index contributed by atoms with van der Waals surface area (Å²) >= 11 is 0. The molecule has 0 aliphatic carbocycles. The Bertz CT molecular complexity index is 466. The highest BCUT2D eigenvalue weighted by Gasteiger charge is 2.25. The maximum absolute atomic E-state index is 12.9. The van der Waals surface area contributed by atoms with Gasteiger partial charge in [-0.1, -0.05) is 19.1 Å². The summed E-state index contributed by atoms with van der Waals surface area (Å²) in [7, 11) is 4.03. The number of carbonyl (C=O) groups excluding carboxylic acids is 1. The van der Waals surface area contributed by atoms with Gasteiger partial charge in [0.2, 0.25) is 5.91 Å². The molecule has 1 atom stereocenters. The van der Waals surface area contributed by atoms with Gasteiger partial charge in [-0.25, -0.2) is 4.39 Å². The molecule has 2 rings (SSSR count). The zero-order valence-corrected chi connectivity index (χ0v) is 13.2. The average Bonchev–Trinajstić information content (AvgIpc) is 2.47. The molecule has 0 radical (unpaired) electrons. The van der Waals surface area contributed by atoms with E-state index in [4.69, 9.17) is 0 Å². The molecule has 0 saturated carbocycles. The fourth-order valence-electron chi connectivity index (χ4n) is 2.90. The van der Waals surface area contributed by atoms with Crippen molar-refractivity contribution in [3.05, 3.63) is 35.6 Å². The minimum absolute atomic E-state index is 0.117. The molecule has 1 aromatic carbocycles. The predicted octanol–water partition coefficient (Wildman–Crippen LogP) is 2.87. The van der Waals surface area contributed by atoms with Crippen LogP contribution in [0.3, 0.4) is 0 Å². The second-order valence-corrected chi connectivity index (χ2v) is 6.20. The molecule has 1 amide bonds. The van der Waals surface area contributed by atoms with E-state index in [0.717, 1.165) is 31.5 Å². The lowest BCUT2D eigenvalue weighted by atomic mass is 9.96. The number of piperidine rings is 1. The Morgan fingerprint density at radius 1 is 1.33 bits per heavy atom. The van der Waals surface area contributed by atoms with Crippen LogP contribution in [0.25, 0.3) is 0 Å². The number of likely N-dealkylation sites (tertiary alicyclic amines) is 1. The number of carbonyl (C=O) groups is 1. The lowest BCUT2D eigenvalue weighted by molar-refractivity contribution is -0.133. The molecule has 1 saturated heterocycles. The molecule has 116 valence electrons. The summed E-state index contributed by atoms with van der Waals surface area (Å²) in [6, 6.07) is 6.80. The SMILES string of the molecule is C[C@H](CC(=O)N(C)C1CCN(C)CC1)c1ccc(F)cc1. The van der Waals surface area contributed by atoms with Gasteiger partial charge in [-0.3, -0.25) is 4.79 Å². The third-order valence-electron chi connectivity index (χ3n) is 4.55. The fourth-order valence-corrected chi connectivity index (χ4v) is 2.90. The van der Waals surface area contributed by atoms with Gasteiger partial charge in [0.05, 0.1) is 0 Å². The van der Waals surface area contributed by atoms with Crippen LogP contribution in [0.4, 0.5) is 4.39 Å². The topological polar surface area (TPSA) is 23.6 Å². The Balaban J connectivity index is 1.89. The van der Waals surface area contributed by atoms with Crippen LogP contribution in [0.15, 0.2) is 24.3 Å². The highest BCUT2D eigenvalue weighted by Crippen LogP contribution is 2.22. The summed E-state index contributed by atoms with van der Waals surface area (Å²) in [5.41, 5.74) is 1.02. The van der Waals surface area contributed by atoms with Crippen molar-refractivity contribution in [1.82, 2.24) is 9.80 Å². The summed E-state index contributed by atoms with van der Waals surface area (Å²) in [5.74, 6) is 0.0638. The van der Waals surface area contributed by atoms with E-state index < -0.39 is 0 Å². The van der Waals surface area contributed by atoms with Gasteiger partial charge in [0.25, 0.3) is 0 Å². The lowest BCUT2D eigenvalue weighted by Gasteiger charge is -2.35. The van der Waals surface area contributed by atoms with Crippen molar-refractivity contribution in [2.24, 2.45) is 0 Å². The predicted molar refractivity (Wildman–Crippen MR) is 82.7 cm³/mol. The first kappa shape index (κ1) is 16.0. The number of hydrogen-bond donors (Lipinski definition) is 0. The molecule has 4 heteroatoms. The monoisotopic (exact) mass is 292 g/mol. The molecule has 1 fully saturated rings. The molecule has 1 aliphatic rings. The zero-order valence-electron chi connectivity index (χ0n) is 13.2. The summed E-state index contributed by atoms with van der Waals surface area (Å²) in [6.07, 6.45) is 2.57. The van der Waals surface area contributed by atoms with Gasteiger partial charge in [0.1, 0.15) is 5.82 Å². The van der Waals surface area contributed by atoms with E-state index in [1.807, 2.05) is 18.9 Å². The van der Waals surface area contributed by atoms with E-state index in [9.17, 15) is 9.18 Å². The lowest BCUT2D eigenvalue weighted by Crippen LogP contribution is -2.44. The van der Waals surface area contributed by atoms with Crippen LogP contribution in [-0.4, -0.2) is 48.9 Å². The van der Waals surface area contributed by atoms with Crippen molar-refractivity contribution in [3.63, 3.8) is 0 Å². The smallest absolute Gasteiger partial charge is 0.223 e. The minimum Gasteiger partial charge on any atom is -0.343 e. The third kappa shape index (κ3) is 4.27. The Labute approximate surface area is 126 Å². The summed E-state index contributed by atoms with van der Waals surface area (Å²) in [4.78, 5) is 16.6. The molecule has 0 unspecified atom stereocenters.